The molecule has 1 atom stereocenters. The summed E-state index contributed by atoms with van der Waals surface area (Å²) >= 11 is 0. The van der Waals surface area contributed by atoms with Crippen molar-refractivity contribution in [2.75, 3.05) is 13.6 Å². The van der Waals surface area contributed by atoms with Gasteiger partial charge in [-0.05, 0) is 26.2 Å². The molecule has 0 spiro atoms. The number of carbonyl (C=O) groups excluding carboxylic acids is 1. The number of aliphatic hydroxyl groups excluding tert-OH is 1. The van der Waals surface area contributed by atoms with Crippen LogP contribution in [0.1, 0.15) is 45.4 Å². The van der Waals surface area contributed by atoms with Gasteiger partial charge in [0.2, 0.25) is 5.91 Å². The van der Waals surface area contributed by atoms with Gasteiger partial charge in [0.25, 0.3) is 0 Å². The lowest BCUT2D eigenvalue weighted by atomic mass is 9.97. The third-order valence-corrected chi connectivity index (χ3v) is 3.32. The van der Waals surface area contributed by atoms with E-state index in [0.29, 0.717) is 13.0 Å². The summed E-state index contributed by atoms with van der Waals surface area (Å²) in [5.41, 5.74) is -0.768. The zero-order chi connectivity index (χ0) is 12.2. The lowest BCUT2D eigenvalue weighted by molar-refractivity contribution is -0.135. The topological polar surface area (TPSA) is 60.8 Å². The van der Waals surface area contributed by atoms with E-state index in [1.165, 1.54) is 0 Å². The molecule has 0 heterocycles. The molecular formula is C12H23NO3. The van der Waals surface area contributed by atoms with Crippen LogP contribution >= 0.6 is 0 Å². The van der Waals surface area contributed by atoms with E-state index in [4.69, 9.17) is 5.11 Å². The molecule has 1 aliphatic rings. The van der Waals surface area contributed by atoms with E-state index >= 15 is 0 Å². The average molecular weight is 229 g/mol. The largest absolute Gasteiger partial charge is 0.393 e. The smallest absolute Gasteiger partial charge is 0.225 e. The summed E-state index contributed by atoms with van der Waals surface area (Å²) in [5.74, 6) is -0.0231. The Morgan fingerprint density at radius 3 is 2.50 bits per heavy atom. The summed E-state index contributed by atoms with van der Waals surface area (Å²) in [5, 5.41) is 19.2. The Bertz CT molecular complexity index is 234. The van der Waals surface area contributed by atoms with Gasteiger partial charge in [-0.3, -0.25) is 4.79 Å². The number of rotatable bonds is 5. The maximum absolute atomic E-state index is 11.8. The van der Waals surface area contributed by atoms with E-state index in [2.05, 4.69) is 0 Å². The molecule has 1 amide bonds. The summed E-state index contributed by atoms with van der Waals surface area (Å²) in [6, 6.07) is 0. The molecule has 16 heavy (non-hydrogen) atoms. The van der Waals surface area contributed by atoms with E-state index in [1.54, 1.807) is 18.9 Å². The molecular weight excluding hydrogens is 206 g/mol. The highest BCUT2D eigenvalue weighted by Gasteiger charge is 2.34. The molecule has 2 N–H and O–H groups in total. The van der Waals surface area contributed by atoms with Crippen LogP contribution in [0.15, 0.2) is 0 Å². The Balaban J connectivity index is 2.33. The molecule has 1 saturated carbocycles. The van der Waals surface area contributed by atoms with Crippen LogP contribution in [-0.2, 0) is 4.79 Å². The summed E-state index contributed by atoms with van der Waals surface area (Å²) in [7, 11) is 1.73. The number of carbonyl (C=O) groups is 1. The van der Waals surface area contributed by atoms with Crippen molar-refractivity contribution in [2.45, 2.75) is 57.2 Å². The molecule has 4 heteroatoms. The van der Waals surface area contributed by atoms with Gasteiger partial charge < -0.3 is 15.1 Å². The standard InChI is InChI=1S/C12H23NO3/c1-10(14)5-8-13(2)11(15)9-12(16)6-3-4-7-12/h10,14,16H,3-9H2,1-2H3. The Hall–Kier alpha value is -0.610. The molecule has 1 aliphatic carbocycles. The summed E-state index contributed by atoms with van der Waals surface area (Å²) < 4.78 is 0. The molecule has 1 unspecified atom stereocenters. The average Bonchev–Trinajstić information content (AvgIpc) is 2.61. The van der Waals surface area contributed by atoms with Crippen LogP contribution in [0.4, 0.5) is 0 Å². The SMILES string of the molecule is CC(O)CCN(C)C(=O)CC1(O)CCCC1. The van der Waals surface area contributed by atoms with Gasteiger partial charge in [0, 0.05) is 13.6 Å². The molecule has 0 radical (unpaired) electrons. The van der Waals surface area contributed by atoms with Gasteiger partial charge in [-0.2, -0.15) is 0 Å². The van der Waals surface area contributed by atoms with Gasteiger partial charge in [0.05, 0.1) is 18.1 Å². The molecule has 1 rings (SSSR count). The van der Waals surface area contributed by atoms with Gasteiger partial charge in [-0.15, -0.1) is 0 Å². The number of hydrogen-bond donors (Lipinski definition) is 2. The monoisotopic (exact) mass is 229 g/mol. The van der Waals surface area contributed by atoms with Crippen molar-refractivity contribution >= 4 is 5.91 Å². The first-order valence-electron chi connectivity index (χ1n) is 6.07. The molecule has 94 valence electrons. The number of aliphatic hydroxyl groups is 2. The Morgan fingerprint density at radius 1 is 1.44 bits per heavy atom. The fraction of sp³-hybridized carbons (Fsp3) is 0.917. The third kappa shape index (κ3) is 4.10. The van der Waals surface area contributed by atoms with Crippen LogP contribution in [0.25, 0.3) is 0 Å². The van der Waals surface area contributed by atoms with Gasteiger partial charge in [0.15, 0.2) is 0 Å². The molecule has 0 aromatic heterocycles. The second-order valence-electron chi connectivity index (χ2n) is 5.06. The minimum atomic E-state index is -0.768. The molecule has 0 bridgehead atoms. The van der Waals surface area contributed by atoms with Crippen LogP contribution < -0.4 is 0 Å². The van der Waals surface area contributed by atoms with Gasteiger partial charge in [-0.25, -0.2) is 0 Å². The Labute approximate surface area is 97.3 Å². The van der Waals surface area contributed by atoms with Crippen molar-refractivity contribution in [2.24, 2.45) is 0 Å². The Morgan fingerprint density at radius 2 is 2.00 bits per heavy atom. The van der Waals surface area contributed by atoms with Crippen molar-refractivity contribution in [1.82, 2.24) is 4.90 Å². The van der Waals surface area contributed by atoms with Crippen molar-refractivity contribution < 1.29 is 15.0 Å². The zero-order valence-electron chi connectivity index (χ0n) is 10.3. The lowest BCUT2D eigenvalue weighted by Crippen LogP contribution is -2.36. The zero-order valence-corrected chi connectivity index (χ0v) is 10.3. The second kappa shape index (κ2) is 5.64. The summed E-state index contributed by atoms with van der Waals surface area (Å²) in [6.07, 6.45) is 3.93. The first kappa shape index (κ1) is 13.5. The number of nitrogens with zero attached hydrogens (tertiary/aromatic N) is 1. The van der Waals surface area contributed by atoms with Gasteiger partial charge >= 0.3 is 0 Å². The lowest BCUT2D eigenvalue weighted by Gasteiger charge is -2.25. The van der Waals surface area contributed by atoms with E-state index in [1.807, 2.05) is 0 Å². The number of amides is 1. The molecule has 0 aromatic carbocycles. The molecule has 0 aromatic rings. The van der Waals surface area contributed by atoms with Crippen LogP contribution in [0.3, 0.4) is 0 Å². The second-order valence-corrected chi connectivity index (χ2v) is 5.06. The fourth-order valence-electron chi connectivity index (χ4n) is 2.13. The quantitative estimate of drug-likeness (QED) is 0.736. The minimum Gasteiger partial charge on any atom is -0.393 e. The normalized spacial score (nSPS) is 20.8. The van der Waals surface area contributed by atoms with E-state index in [9.17, 15) is 9.90 Å². The van der Waals surface area contributed by atoms with Crippen LogP contribution in [0.5, 0.6) is 0 Å². The molecule has 0 aliphatic heterocycles. The fourth-order valence-corrected chi connectivity index (χ4v) is 2.13. The van der Waals surface area contributed by atoms with Crippen LogP contribution in [-0.4, -0.2) is 46.3 Å². The van der Waals surface area contributed by atoms with Crippen LogP contribution in [0, 0.1) is 0 Å². The highest BCUT2D eigenvalue weighted by Crippen LogP contribution is 2.32. The molecule has 1 fully saturated rings. The maximum atomic E-state index is 11.8. The predicted molar refractivity (Wildman–Crippen MR) is 62.0 cm³/mol. The first-order chi connectivity index (χ1) is 7.43. The third-order valence-electron chi connectivity index (χ3n) is 3.32. The Kier molecular flexibility index (Phi) is 4.74. The van der Waals surface area contributed by atoms with E-state index in [-0.39, 0.29) is 18.4 Å². The predicted octanol–water partition coefficient (Wildman–Crippen LogP) is 0.911. The summed E-state index contributed by atoms with van der Waals surface area (Å²) in [6.45, 7) is 2.26. The van der Waals surface area contributed by atoms with Crippen molar-refractivity contribution in [3.8, 4) is 0 Å². The molecule has 4 nitrogen and oxygen atoms in total. The summed E-state index contributed by atoms with van der Waals surface area (Å²) in [4.78, 5) is 13.4. The first-order valence-corrected chi connectivity index (χ1v) is 6.07. The van der Waals surface area contributed by atoms with Crippen molar-refractivity contribution in [3.05, 3.63) is 0 Å². The minimum absolute atomic E-state index is 0.0231. The highest BCUT2D eigenvalue weighted by molar-refractivity contribution is 5.77. The van der Waals surface area contributed by atoms with Crippen molar-refractivity contribution in [1.29, 1.82) is 0 Å². The van der Waals surface area contributed by atoms with E-state index < -0.39 is 5.60 Å². The number of hydrogen-bond acceptors (Lipinski definition) is 3. The van der Waals surface area contributed by atoms with Crippen molar-refractivity contribution in [3.63, 3.8) is 0 Å². The highest BCUT2D eigenvalue weighted by atomic mass is 16.3. The van der Waals surface area contributed by atoms with E-state index in [0.717, 1.165) is 25.7 Å². The maximum Gasteiger partial charge on any atom is 0.225 e. The van der Waals surface area contributed by atoms with Gasteiger partial charge in [-0.1, -0.05) is 12.8 Å². The molecule has 0 saturated heterocycles. The van der Waals surface area contributed by atoms with Gasteiger partial charge in [0.1, 0.15) is 0 Å². The van der Waals surface area contributed by atoms with Crippen LogP contribution in [0.2, 0.25) is 0 Å².